The minimum absolute atomic E-state index is 0.117. The van der Waals surface area contributed by atoms with E-state index in [1.54, 1.807) is 12.1 Å². The quantitative estimate of drug-likeness (QED) is 0.741. The standard InChI is InChI=1S/C18H19Cl2N3O3S/c19-16-11-13(12-17(20)22-16)18(24)21-14-5-7-15(8-6-14)27(25,26)23-9-3-1-2-4-10-23/h5-8,11-12H,1-4,9-10H2,(H,21,24). The molecular weight excluding hydrogens is 409 g/mol. The minimum Gasteiger partial charge on any atom is -0.322 e. The van der Waals surface area contributed by atoms with Gasteiger partial charge in [0, 0.05) is 24.3 Å². The molecule has 0 aliphatic carbocycles. The number of hydrogen-bond donors (Lipinski definition) is 1. The van der Waals surface area contributed by atoms with Crippen molar-refractivity contribution in [1.82, 2.24) is 9.29 Å². The minimum atomic E-state index is -3.52. The number of nitrogens with zero attached hydrogens (tertiary/aromatic N) is 2. The van der Waals surface area contributed by atoms with Crippen molar-refractivity contribution in [1.29, 1.82) is 0 Å². The van der Waals surface area contributed by atoms with E-state index in [9.17, 15) is 13.2 Å². The van der Waals surface area contributed by atoms with Crippen molar-refractivity contribution in [2.45, 2.75) is 30.6 Å². The Morgan fingerprint density at radius 3 is 2.07 bits per heavy atom. The fourth-order valence-corrected chi connectivity index (χ4v) is 4.92. The van der Waals surface area contributed by atoms with E-state index in [0.29, 0.717) is 18.8 Å². The van der Waals surface area contributed by atoms with E-state index in [0.717, 1.165) is 25.7 Å². The van der Waals surface area contributed by atoms with Gasteiger partial charge in [-0.3, -0.25) is 4.79 Å². The summed E-state index contributed by atoms with van der Waals surface area (Å²) in [6, 6.07) is 8.94. The number of pyridine rings is 1. The largest absolute Gasteiger partial charge is 0.322 e. The number of hydrogen-bond acceptors (Lipinski definition) is 4. The molecule has 0 saturated carbocycles. The van der Waals surface area contributed by atoms with Crippen LogP contribution in [0.1, 0.15) is 36.0 Å². The summed E-state index contributed by atoms with van der Waals surface area (Å²) in [6.07, 6.45) is 3.87. The summed E-state index contributed by atoms with van der Waals surface area (Å²) in [6.45, 7) is 1.09. The van der Waals surface area contributed by atoms with Crippen LogP contribution in [-0.4, -0.2) is 36.7 Å². The maximum Gasteiger partial charge on any atom is 0.255 e. The molecule has 0 bridgehead atoms. The molecule has 1 aliphatic rings. The molecule has 0 unspecified atom stereocenters. The third kappa shape index (κ3) is 4.99. The number of carbonyl (C=O) groups excluding carboxylic acids is 1. The molecule has 0 spiro atoms. The van der Waals surface area contributed by atoms with Crippen LogP contribution in [0.2, 0.25) is 10.3 Å². The predicted molar refractivity (Wildman–Crippen MR) is 106 cm³/mol. The molecule has 0 atom stereocenters. The molecule has 0 radical (unpaired) electrons. The van der Waals surface area contributed by atoms with Gasteiger partial charge in [0.05, 0.1) is 4.90 Å². The third-order valence-electron chi connectivity index (χ3n) is 4.34. The van der Waals surface area contributed by atoms with Crippen LogP contribution in [0.15, 0.2) is 41.3 Å². The highest BCUT2D eigenvalue weighted by molar-refractivity contribution is 7.89. The smallest absolute Gasteiger partial charge is 0.255 e. The Morgan fingerprint density at radius 2 is 1.52 bits per heavy atom. The van der Waals surface area contributed by atoms with Crippen LogP contribution >= 0.6 is 23.2 Å². The van der Waals surface area contributed by atoms with Crippen LogP contribution in [0.25, 0.3) is 0 Å². The first-order valence-corrected chi connectivity index (χ1v) is 10.8. The number of amides is 1. The molecule has 3 rings (SSSR count). The zero-order chi connectivity index (χ0) is 19.4. The molecule has 9 heteroatoms. The number of rotatable bonds is 4. The Bertz CT molecular complexity index is 905. The summed E-state index contributed by atoms with van der Waals surface area (Å²) < 4.78 is 27.1. The SMILES string of the molecule is O=C(Nc1ccc(S(=O)(=O)N2CCCCCC2)cc1)c1cc(Cl)nc(Cl)c1. The van der Waals surface area contributed by atoms with Crippen molar-refractivity contribution in [2.75, 3.05) is 18.4 Å². The second kappa shape index (κ2) is 8.56. The van der Waals surface area contributed by atoms with Crippen molar-refractivity contribution >= 4 is 44.8 Å². The number of anilines is 1. The molecular formula is C18H19Cl2N3O3S. The van der Waals surface area contributed by atoms with Crippen molar-refractivity contribution in [3.05, 3.63) is 52.3 Å². The molecule has 1 N–H and O–H groups in total. The molecule has 1 aliphatic heterocycles. The van der Waals surface area contributed by atoms with E-state index < -0.39 is 15.9 Å². The highest BCUT2D eigenvalue weighted by Gasteiger charge is 2.25. The molecule has 144 valence electrons. The van der Waals surface area contributed by atoms with Crippen molar-refractivity contribution in [2.24, 2.45) is 0 Å². The Kier molecular flexibility index (Phi) is 6.37. The van der Waals surface area contributed by atoms with Gasteiger partial charge in [-0.25, -0.2) is 13.4 Å². The zero-order valence-corrected chi connectivity index (χ0v) is 16.8. The number of halogens is 2. The summed E-state index contributed by atoms with van der Waals surface area (Å²) in [5.41, 5.74) is 0.736. The number of sulfonamides is 1. The maximum atomic E-state index is 12.8. The van der Waals surface area contributed by atoms with E-state index in [2.05, 4.69) is 10.3 Å². The fraction of sp³-hybridized carbons (Fsp3) is 0.333. The van der Waals surface area contributed by atoms with E-state index >= 15 is 0 Å². The van der Waals surface area contributed by atoms with Crippen LogP contribution in [0.3, 0.4) is 0 Å². The van der Waals surface area contributed by atoms with Crippen molar-refractivity contribution in [3.8, 4) is 0 Å². The van der Waals surface area contributed by atoms with Gasteiger partial charge in [-0.1, -0.05) is 36.0 Å². The van der Waals surface area contributed by atoms with Gasteiger partial charge in [0.2, 0.25) is 10.0 Å². The molecule has 6 nitrogen and oxygen atoms in total. The number of aromatic nitrogens is 1. The van der Waals surface area contributed by atoms with E-state index in [1.165, 1.54) is 28.6 Å². The monoisotopic (exact) mass is 427 g/mol. The summed E-state index contributed by atoms with van der Waals surface area (Å²) >= 11 is 11.6. The van der Waals surface area contributed by atoms with Gasteiger partial charge in [-0.15, -0.1) is 0 Å². The van der Waals surface area contributed by atoms with Gasteiger partial charge >= 0.3 is 0 Å². The summed E-state index contributed by atoms with van der Waals surface area (Å²) in [5, 5.41) is 2.92. The number of carbonyl (C=O) groups is 1. The first kappa shape index (κ1) is 20.1. The van der Waals surface area contributed by atoms with Gasteiger partial charge in [0.25, 0.3) is 5.91 Å². The van der Waals surface area contributed by atoms with Crippen LogP contribution in [0.5, 0.6) is 0 Å². The highest BCUT2D eigenvalue weighted by Crippen LogP contribution is 2.22. The Hall–Kier alpha value is -1.67. The molecule has 1 amide bonds. The van der Waals surface area contributed by atoms with Gasteiger partial charge in [0.1, 0.15) is 10.3 Å². The molecule has 1 aromatic heterocycles. The second-order valence-electron chi connectivity index (χ2n) is 6.30. The summed E-state index contributed by atoms with van der Waals surface area (Å²) in [4.78, 5) is 16.3. The first-order chi connectivity index (χ1) is 12.9. The van der Waals surface area contributed by atoms with Crippen molar-refractivity contribution < 1.29 is 13.2 Å². The number of nitrogens with one attached hydrogen (secondary N) is 1. The maximum absolute atomic E-state index is 12.8. The van der Waals surface area contributed by atoms with Crippen LogP contribution < -0.4 is 5.32 Å². The van der Waals surface area contributed by atoms with E-state index in [1.807, 2.05) is 0 Å². The Morgan fingerprint density at radius 1 is 0.963 bits per heavy atom. The molecule has 2 heterocycles. The van der Waals surface area contributed by atoms with Gasteiger partial charge < -0.3 is 5.32 Å². The van der Waals surface area contributed by atoms with Crippen LogP contribution in [-0.2, 0) is 10.0 Å². The molecule has 27 heavy (non-hydrogen) atoms. The van der Waals surface area contributed by atoms with Crippen LogP contribution in [0, 0.1) is 0 Å². The normalized spacial score (nSPS) is 15.9. The second-order valence-corrected chi connectivity index (χ2v) is 9.01. The van der Waals surface area contributed by atoms with Crippen LogP contribution in [0.4, 0.5) is 5.69 Å². The average molecular weight is 428 g/mol. The average Bonchev–Trinajstić information content (AvgIpc) is 2.91. The molecule has 1 fully saturated rings. The number of benzene rings is 1. The summed E-state index contributed by atoms with van der Waals surface area (Å²) in [5.74, 6) is -0.413. The zero-order valence-electron chi connectivity index (χ0n) is 14.5. The fourth-order valence-electron chi connectivity index (χ4n) is 2.94. The van der Waals surface area contributed by atoms with Gasteiger partial charge in [-0.05, 0) is 49.2 Å². The molecule has 1 aromatic carbocycles. The Labute approximate surface area is 168 Å². The summed E-state index contributed by atoms with van der Waals surface area (Å²) in [7, 11) is -3.52. The molecule has 2 aromatic rings. The van der Waals surface area contributed by atoms with Gasteiger partial charge in [-0.2, -0.15) is 4.31 Å². The van der Waals surface area contributed by atoms with Crippen molar-refractivity contribution in [3.63, 3.8) is 0 Å². The van der Waals surface area contributed by atoms with Gasteiger partial charge in [0.15, 0.2) is 0 Å². The highest BCUT2D eigenvalue weighted by atomic mass is 35.5. The predicted octanol–water partition coefficient (Wildman–Crippen LogP) is 4.21. The lowest BCUT2D eigenvalue weighted by atomic mass is 10.2. The lowest BCUT2D eigenvalue weighted by Gasteiger charge is -2.20. The Balaban J connectivity index is 1.73. The lowest BCUT2D eigenvalue weighted by Crippen LogP contribution is -2.31. The van der Waals surface area contributed by atoms with E-state index in [-0.39, 0.29) is 20.8 Å². The first-order valence-electron chi connectivity index (χ1n) is 8.61. The topological polar surface area (TPSA) is 79.4 Å². The van der Waals surface area contributed by atoms with E-state index in [4.69, 9.17) is 23.2 Å². The molecule has 1 saturated heterocycles. The third-order valence-corrected chi connectivity index (χ3v) is 6.64. The lowest BCUT2D eigenvalue weighted by molar-refractivity contribution is 0.102.